The van der Waals surface area contributed by atoms with Crippen molar-refractivity contribution in [2.45, 2.75) is 53.5 Å². The molecule has 1 rings (SSSR count). The number of methoxy groups -OCH3 is 1. The Bertz CT molecular complexity index is 279. The Morgan fingerprint density at radius 3 is 2.37 bits per heavy atom. The van der Waals surface area contributed by atoms with Crippen LogP contribution in [0.3, 0.4) is 0 Å². The average molecular weight is 273 g/mol. The second-order valence-corrected chi connectivity index (χ2v) is 5.92. The summed E-state index contributed by atoms with van der Waals surface area (Å²) in [6.07, 6.45) is 0.574. The summed E-state index contributed by atoms with van der Waals surface area (Å²) in [5.74, 6) is 0.215. The first kappa shape index (κ1) is 18.4. The summed E-state index contributed by atoms with van der Waals surface area (Å²) in [5, 5.41) is 0. The van der Waals surface area contributed by atoms with Crippen molar-refractivity contribution in [2.24, 2.45) is 5.41 Å². The first-order chi connectivity index (χ1) is 8.84. The van der Waals surface area contributed by atoms with Crippen LogP contribution in [0.25, 0.3) is 0 Å². The molecule has 1 unspecified atom stereocenters. The van der Waals surface area contributed by atoms with Crippen molar-refractivity contribution in [3.63, 3.8) is 0 Å². The lowest BCUT2D eigenvalue weighted by Gasteiger charge is -2.24. The Morgan fingerprint density at radius 2 is 1.89 bits per heavy atom. The van der Waals surface area contributed by atoms with Gasteiger partial charge in [-0.15, -0.1) is 0 Å². The number of rotatable bonds is 7. The number of hydrogen-bond donors (Lipinski definition) is 0. The summed E-state index contributed by atoms with van der Waals surface area (Å²) in [4.78, 5) is 13.4. The molecule has 0 aromatic carbocycles. The SMILES string of the molecule is CC.CCC(=O)N1CC1(C)COCC(C)(C)COC. The summed E-state index contributed by atoms with van der Waals surface area (Å²) in [7, 11) is 1.70. The predicted octanol–water partition coefficient (Wildman–Crippen LogP) is 2.71. The van der Waals surface area contributed by atoms with Crippen LogP contribution in [0.15, 0.2) is 0 Å². The fourth-order valence-electron chi connectivity index (χ4n) is 1.99. The third kappa shape index (κ3) is 5.91. The van der Waals surface area contributed by atoms with Crippen molar-refractivity contribution in [1.29, 1.82) is 0 Å². The van der Waals surface area contributed by atoms with Crippen LogP contribution in [0.4, 0.5) is 0 Å². The maximum Gasteiger partial charge on any atom is 0.222 e. The lowest BCUT2D eigenvalue weighted by atomic mass is 9.96. The Kier molecular flexibility index (Phi) is 7.60. The molecule has 1 heterocycles. The minimum atomic E-state index is -0.0732. The molecule has 0 spiro atoms. The number of amides is 1. The van der Waals surface area contributed by atoms with E-state index >= 15 is 0 Å². The highest BCUT2D eigenvalue weighted by Gasteiger charge is 2.50. The van der Waals surface area contributed by atoms with E-state index in [1.807, 2.05) is 25.7 Å². The standard InChI is InChI=1S/C13H25NO3.C2H6/c1-6-11(15)14-7-13(14,4)10-17-9-12(2,3)8-16-5;1-2/h6-10H2,1-5H3;1-2H3. The van der Waals surface area contributed by atoms with Gasteiger partial charge in [0, 0.05) is 25.5 Å². The first-order valence-electron chi connectivity index (χ1n) is 7.22. The fraction of sp³-hybridized carbons (Fsp3) is 0.933. The van der Waals surface area contributed by atoms with Crippen LogP contribution in [0, 0.1) is 5.41 Å². The van der Waals surface area contributed by atoms with Gasteiger partial charge in [0.15, 0.2) is 0 Å². The van der Waals surface area contributed by atoms with Crippen molar-refractivity contribution >= 4 is 5.91 Å². The molecule has 1 fully saturated rings. The second kappa shape index (κ2) is 7.85. The third-order valence-corrected chi connectivity index (χ3v) is 3.09. The van der Waals surface area contributed by atoms with Gasteiger partial charge in [-0.05, 0) is 6.92 Å². The number of carbonyl (C=O) groups excluding carboxylic acids is 1. The van der Waals surface area contributed by atoms with Crippen LogP contribution >= 0.6 is 0 Å². The van der Waals surface area contributed by atoms with Crippen molar-refractivity contribution in [3.8, 4) is 0 Å². The maximum absolute atomic E-state index is 11.5. The molecule has 1 atom stereocenters. The fourth-order valence-corrected chi connectivity index (χ4v) is 1.99. The zero-order chi connectivity index (χ0) is 15.1. The molecule has 1 aliphatic rings. The summed E-state index contributed by atoms with van der Waals surface area (Å²) in [6, 6.07) is 0. The zero-order valence-electron chi connectivity index (χ0n) is 13.7. The van der Waals surface area contributed by atoms with Gasteiger partial charge in [0.1, 0.15) is 0 Å². The van der Waals surface area contributed by atoms with E-state index in [1.165, 1.54) is 0 Å². The molecular weight excluding hydrogens is 242 g/mol. The van der Waals surface area contributed by atoms with Crippen molar-refractivity contribution in [2.75, 3.05) is 33.5 Å². The molecule has 1 saturated heterocycles. The highest BCUT2D eigenvalue weighted by molar-refractivity contribution is 5.79. The number of nitrogens with zero attached hydrogens (tertiary/aromatic N) is 1. The molecule has 19 heavy (non-hydrogen) atoms. The normalized spacial score (nSPS) is 21.7. The topological polar surface area (TPSA) is 38.5 Å². The van der Waals surface area contributed by atoms with E-state index in [-0.39, 0.29) is 16.9 Å². The van der Waals surface area contributed by atoms with Crippen LogP contribution in [0.5, 0.6) is 0 Å². The summed E-state index contributed by atoms with van der Waals surface area (Å²) >= 11 is 0. The lowest BCUT2D eigenvalue weighted by Crippen LogP contribution is -2.30. The Morgan fingerprint density at radius 1 is 1.32 bits per heavy atom. The number of hydrogen-bond acceptors (Lipinski definition) is 3. The van der Waals surface area contributed by atoms with Gasteiger partial charge in [-0.1, -0.05) is 34.6 Å². The van der Waals surface area contributed by atoms with Gasteiger partial charge < -0.3 is 14.4 Å². The largest absolute Gasteiger partial charge is 0.384 e. The molecule has 0 saturated carbocycles. The van der Waals surface area contributed by atoms with Crippen LogP contribution in [0.1, 0.15) is 48.0 Å². The molecule has 0 aromatic rings. The van der Waals surface area contributed by atoms with E-state index in [1.54, 1.807) is 7.11 Å². The van der Waals surface area contributed by atoms with Gasteiger partial charge in [-0.2, -0.15) is 0 Å². The molecule has 0 radical (unpaired) electrons. The zero-order valence-corrected chi connectivity index (χ0v) is 13.7. The molecule has 114 valence electrons. The van der Waals surface area contributed by atoms with Crippen LogP contribution < -0.4 is 0 Å². The molecule has 0 N–H and O–H groups in total. The predicted molar refractivity (Wildman–Crippen MR) is 78.2 cm³/mol. The maximum atomic E-state index is 11.5. The molecule has 1 aliphatic heterocycles. The molecule has 1 amide bonds. The van der Waals surface area contributed by atoms with E-state index in [4.69, 9.17) is 9.47 Å². The van der Waals surface area contributed by atoms with E-state index in [0.29, 0.717) is 26.2 Å². The number of carbonyl (C=O) groups is 1. The minimum Gasteiger partial charge on any atom is -0.384 e. The van der Waals surface area contributed by atoms with Gasteiger partial charge in [-0.25, -0.2) is 0 Å². The van der Waals surface area contributed by atoms with Crippen molar-refractivity contribution < 1.29 is 14.3 Å². The molecule has 4 nitrogen and oxygen atoms in total. The quantitative estimate of drug-likeness (QED) is 0.669. The first-order valence-corrected chi connectivity index (χ1v) is 7.22. The van der Waals surface area contributed by atoms with E-state index < -0.39 is 0 Å². The minimum absolute atomic E-state index is 0.0274. The average Bonchev–Trinajstić information content (AvgIpc) is 3.02. The second-order valence-electron chi connectivity index (χ2n) is 5.92. The van der Waals surface area contributed by atoms with Crippen LogP contribution in [-0.4, -0.2) is 49.8 Å². The van der Waals surface area contributed by atoms with Crippen molar-refractivity contribution in [3.05, 3.63) is 0 Å². The third-order valence-electron chi connectivity index (χ3n) is 3.09. The van der Waals surface area contributed by atoms with Gasteiger partial charge >= 0.3 is 0 Å². The summed E-state index contributed by atoms with van der Waals surface area (Å²) in [5.41, 5.74) is -0.0458. The molecule has 0 bridgehead atoms. The number of ether oxygens (including phenoxy) is 2. The van der Waals surface area contributed by atoms with Crippen molar-refractivity contribution in [1.82, 2.24) is 4.90 Å². The van der Waals surface area contributed by atoms with Gasteiger partial charge in [0.2, 0.25) is 5.91 Å². The van der Waals surface area contributed by atoms with Crippen LogP contribution in [0.2, 0.25) is 0 Å². The molecule has 4 heteroatoms. The Labute approximate surface area is 118 Å². The van der Waals surface area contributed by atoms with E-state index in [2.05, 4.69) is 20.8 Å². The lowest BCUT2D eigenvalue weighted by molar-refractivity contribution is -0.127. The van der Waals surface area contributed by atoms with E-state index in [9.17, 15) is 4.79 Å². The summed E-state index contributed by atoms with van der Waals surface area (Å²) in [6.45, 7) is 15.0. The summed E-state index contributed by atoms with van der Waals surface area (Å²) < 4.78 is 10.9. The highest BCUT2D eigenvalue weighted by Crippen LogP contribution is 2.33. The monoisotopic (exact) mass is 273 g/mol. The Hall–Kier alpha value is -0.610. The smallest absolute Gasteiger partial charge is 0.222 e. The van der Waals surface area contributed by atoms with E-state index in [0.717, 1.165) is 6.54 Å². The Balaban J connectivity index is 0.00000154. The van der Waals surface area contributed by atoms with Gasteiger partial charge in [0.05, 0.1) is 25.4 Å². The highest BCUT2D eigenvalue weighted by atomic mass is 16.5. The van der Waals surface area contributed by atoms with Gasteiger partial charge in [0.25, 0.3) is 0 Å². The molecule has 0 aromatic heterocycles. The molecule has 0 aliphatic carbocycles. The molecular formula is C15H31NO3. The van der Waals surface area contributed by atoms with Crippen LogP contribution in [-0.2, 0) is 14.3 Å². The van der Waals surface area contributed by atoms with Gasteiger partial charge in [-0.3, -0.25) is 4.79 Å².